The van der Waals surface area contributed by atoms with Crippen LogP contribution in [0.2, 0.25) is 0 Å². The summed E-state index contributed by atoms with van der Waals surface area (Å²) in [5.74, 6) is -2.09. The number of carbonyl (C=O) groups is 2. The van der Waals surface area contributed by atoms with Gasteiger partial charge in [-0.25, -0.2) is 13.5 Å². The molecule has 2 amide bonds. The van der Waals surface area contributed by atoms with E-state index in [1.165, 1.54) is 17.0 Å². The molecular weight excluding hydrogens is 468 g/mol. The number of halogens is 2. The fourth-order valence-electron chi connectivity index (χ4n) is 5.34. The Morgan fingerprint density at radius 1 is 1.22 bits per heavy atom. The molecule has 194 valence electrons. The second-order valence-electron chi connectivity index (χ2n) is 11.9. The van der Waals surface area contributed by atoms with Crippen LogP contribution in [0.3, 0.4) is 0 Å². The molecule has 3 aliphatic rings. The van der Waals surface area contributed by atoms with Crippen LogP contribution in [0.1, 0.15) is 76.6 Å². The highest BCUT2D eigenvalue weighted by Gasteiger charge is 2.54. The van der Waals surface area contributed by atoms with Gasteiger partial charge in [-0.15, -0.1) is 5.10 Å². The molecule has 1 aromatic carbocycles. The van der Waals surface area contributed by atoms with Gasteiger partial charge in [0.05, 0.1) is 11.8 Å². The zero-order valence-corrected chi connectivity index (χ0v) is 21.0. The van der Waals surface area contributed by atoms with E-state index in [0.717, 1.165) is 24.6 Å². The molecule has 2 heterocycles. The fourth-order valence-corrected chi connectivity index (χ4v) is 5.34. The number of carbonyl (C=O) groups excluding carboxylic acids is 2. The lowest BCUT2D eigenvalue weighted by atomic mass is 9.85. The van der Waals surface area contributed by atoms with E-state index >= 15 is 0 Å². The Balaban J connectivity index is 1.32. The number of aliphatic hydroxyl groups excluding tert-OH is 1. The smallest absolute Gasteiger partial charge is 0.248 e. The molecule has 2 aromatic rings. The molecule has 2 saturated carbocycles. The van der Waals surface area contributed by atoms with Crippen molar-refractivity contribution in [3.8, 4) is 0 Å². The minimum atomic E-state index is -0.924. The second-order valence-corrected chi connectivity index (χ2v) is 11.9. The highest BCUT2D eigenvalue weighted by molar-refractivity contribution is 5.90. The topological polar surface area (TPSA) is 100 Å². The standard InChI is InChI=1S/C26H33F2N5O3/c1-25(2,3)22(33-13-19(30-31-33)14-5-6-14)24(36)32-12-16(34)10-20(32)23(35)29-21-11-26(21,4)15-7-8-17(27)18(28)9-15/h7-9,13-14,16,20-22,34H,5-6,10-12H2,1-4H3,(H,29,35)/t16-,20+,21?,22-,26?/m1/s1. The number of nitrogens with one attached hydrogen (secondary N) is 1. The van der Waals surface area contributed by atoms with Crippen molar-refractivity contribution in [2.24, 2.45) is 5.41 Å². The average molecular weight is 502 g/mol. The molecule has 2 aliphatic carbocycles. The van der Waals surface area contributed by atoms with Crippen LogP contribution in [0.4, 0.5) is 8.78 Å². The summed E-state index contributed by atoms with van der Waals surface area (Å²) in [7, 11) is 0. The van der Waals surface area contributed by atoms with Crippen LogP contribution in [0.15, 0.2) is 24.4 Å². The Kier molecular flexibility index (Phi) is 5.93. The molecule has 1 saturated heterocycles. The third-order valence-electron chi connectivity index (χ3n) is 7.84. The summed E-state index contributed by atoms with van der Waals surface area (Å²) in [5.41, 5.74) is 0.445. The summed E-state index contributed by atoms with van der Waals surface area (Å²) in [6, 6.07) is 1.98. The molecule has 8 nitrogen and oxygen atoms in total. The van der Waals surface area contributed by atoms with Crippen molar-refractivity contribution in [2.45, 2.75) is 88.9 Å². The van der Waals surface area contributed by atoms with Crippen LogP contribution in [0, 0.1) is 17.0 Å². The summed E-state index contributed by atoms with van der Waals surface area (Å²) in [4.78, 5) is 28.6. The number of benzene rings is 1. The number of amides is 2. The first-order chi connectivity index (χ1) is 16.9. The molecule has 3 fully saturated rings. The first-order valence-electron chi connectivity index (χ1n) is 12.5. The van der Waals surface area contributed by atoms with Crippen LogP contribution in [-0.2, 0) is 15.0 Å². The number of aliphatic hydroxyl groups is 1. The molecule has 10 heteroatoms. The Hall–Kier alpha value is -2.88. The summed E-state index contributed by atoms with van der Waals surface area (Å²) < 4.78 is 28.7. The third kappa shape index (κ3) is 4.51. The molecule has 2 N–H and O–H groups in total. The quantitative estimate of drug-likeness (QED) is 0.634. The van der Waals surface area contributed by atoms with Gasteiger partial charge in [-0.1, -0.05) is 39.0 Å². The van der Waals surface area contributed by atoms with Gasteiger partial charge in [-0.05, 0) is 42.4 Å². The minimum absolute atomic E-state index is 0.0544. The highest BCUT2D eigenvalue weighted by Crippen LogP contribution is 2.48. The molecule has 2 unspecified atom stereocenters. The van der Waals surface area contributed by atoms with E-state index < -0.39 is 40.7 Å². The highest BCUT2D eigenvalue weighted by atomic mass is 19.2. The van der Waals surface area contributed by atoms with Gasteiger partial charge in [-0.3, -0.25) is 9.59 Å². The lowest BCUT2D eigenvalue weighted by Crippen LogP contribution is -2.51. The zero-order valence-electron chi connectivity index (χ0n) is 21.0. The minimum Gasteiger partial charge on any atom is -0.391 e. The summed E-state index contributed by atoms with van der Waals surface area (Å²) >= 11 is 0. The number of β-amino-alcohol motifs (C(OH)–C–C–N with tert-alkyl or cyclic N) is 1. The van der Waals surface area contributed by atoms with Gasteiger partial charge in [0.1, 0.15) is 12.1 Å². The lowest BCUT2D eigenvalue weighted by molar-refractivity contribution is -0.144. The van der Waals surface area contributed by atoms with Crippen molar-refractivity contribution < 1.29 is 23.5 Å². The Morgan fingerprint density at radius 3 is 2.58 bits per heavy atom. The summed E-state index contributed by atoms with van der Waals surface area (Å²) in [5, 5.41) is 21.9. The Labute approximate surface area is 209 Å². The molecule has 5 rings (SSSR count). The van der Waals surface area contributed by atoms with E-state index in [2.05, 4.69) is 15.6 Å². The second kappa shape index (κ2) is 8.61. The number of nitrogens with zero attached hydrogens (tertiary/aromatic N) is 4. The van der Waals surface area contributed by atoms with Crippen molar-refractivity contribution in [1.82, 2.24) is 25.2 Å². The van der Waals surface area contributed by atoms with Gasteiger partial charge in [0.25, 0.3) is 0 Å². The van der Waals surface area contributed by atoms with Crippen molar-refractivity contribution in [2.75, 3.05) is 6.54 Å². The molecule has 1 aliphatic heterocycles. The number of aromatic nitrogens is 3. The summed E-state index contributed by atoms with van der Waals surface area (Å²) in [6.45, 7) is 7.75. The fraction of sp³-hybridized carbons (Fsp3) is 0.615. The largest absolute Gasteiger partial charge is 0.391 e. The monoisotopic (exact) mass is 501 g/mol. The van der Waals surface area contributed by atoms with Gasteiger partial charge in [0, 0.05) is 36.5 Å². The predicted molar refractivity (Wildman–Crippen MR) is 127 cm³/mol. The molecule has 0 radical (unpaired) electrons. The molecule has 5 atom stereocenters. The number of hydrogen-bond donors (Lipinski definition) is 2. The number of hydrogen-bond acceptors (Lipinski definition) is 5. The maximum absolute atomic E-state index is 13.8. The van der Waals surface area contributed by atoms with Gasteiger partial charge in [0.2, 0.25) is 11.8 Å². The van der Waals surface area contributed by atoms with Gasteiger partial charge in [-0.2, -0.15) is 0 Å². The van der Waals surface area contributed by atoms with Crippen LogP contribution in [0.25, 0.3) is 0 Å². The number of likely N-dealkylation sites (tertiary alicyclic amines) is 1. The lowest BCUT2D eigenvalue weighted by Gasteiger charge is -2.34. The van der Waals surface area contributed by atoms with Gasteiger partial charge >= 0.3 is 0 Å². The summed E-state index contributed by atoms with van der Waals surface area (Å²) in [6.07, 6.45) is 3.84. The first kappa shape index (κ1) is 24.8. The maximum Gasteiger partial charge on any atom is 0.248 e. The molecular formula is C26H33F2N5O3. The normalized spacial score (nSPS) is 28.8. The molecule has 36 heavy (non-hydrogen) atoms. The van der Waals surface area contributed by atoms with E-state index in [9.17, 15) is 23.5 Å². The Morgan fingerprint density at radius 2 is 1.94 bits per heavy atom. The van der Waals surface area contributed by atoms with Gasteiger partial charge < -0.3 is 15.3 Å². The number of rotatable bonds is 6. The average Bonchev–Trinajstić information content (AvgIpc) is 3.65. The van der Waals surface area contributed by atoms with Crippen LogP contribution in [0.5, 0.6) is 0 Å². The van der Waals surface area contributed by atoms with E-state index in [-0.39, 0.29) is 30.8 Å². The van der Waals surface area contributed by atoms with Crippen molar-refractivity contribution in [3.05, 3.63) is 47.3 Å². The van der Waals surface area contributed by atoms with Crippen LogP contribution in [-0.4, -0.2) is 61.5 Å². The van der Waals surface area contributed by atoms with E-state index in [1.807, 2.05) is 33.9 Å². The van der Waals surface area contributed by atoms with Crippen molar-refractivity contribution >= 4 is 11.8 Å². The Bertz CT molecular complexity index is 1190. The van der Waals surface area contributed by atoms with E-state index in [4.69, 9.17) is 0 Å². The van der Waals surface area contributed by atoms with Crippen LogP contribution < -0.4 is 5.32 Å². The molecule has 1 aromatic heterocycles. The van der Waals surface area contributed by atoms with Gasteiger partial charge in [0.15, 0.2) is 11.6 Å². The molecule has 0 bridgehead atoms. The molecule has 0 spiro atoms. The predicted octanol–water partition coefficient (Wildman–Crippen LogP) is 2.83. The SMILES string of the molecule is CC1(c2ccc(F)c(F)c2)CC1NC(=O)[C@@H]1C[C@@H](O)CN1C(=O)[C@@H](n1cc(C2CC2)nn1)C(C)(C)C. The zero-order chi connectivity index (χ0) is 26.0. The van der Waals surface area contributed by atoms with E-state index in [1.54, 1.807) is 4.68 Å². The van der Waals surface area contributed by atoms with Crippen LogP contribution >= 0.6 is 0 Å². The van der Waals surface area contributed by atoms with Crippen molar-refractivity contribution in [3.63, 3.8) is 0 Å². The maximum atomic E-state index is 13.8. The third-order valence-corrected chi connectivity index (χ3v) is 7.84. The van der Waals surface area contributed by atoms with E-state index in [0.29, 0.717) is 17.9 Å². The van der Waals surface area contributed by atoms with Crippen molar-refractivity contribution in [1.29, 1.82) is 0 Å². The first-order valence-corrected chi connectivity index (χ1v) is 12.5.